The fourth-order valence-corrected chi connectivity index (χ4v) is 3.02. The van der Waals surface area contributed by atoms with Gasteiger partial charge in [-0.3, -0.25) is 14.9 Å². The van der Waals surface area contributed by atoms with Crippen molar-refractivity contribution in [2.24, 2.45) is 0 Å². The lowest BCUT2D eigenvalue weighted by Gasteiger charge is -2.32. The van der Waals surface area contributed by atoms with Crippen molar-refractivity contribution >= 4 is 17.8 Å². The van der Waals surface area contributed by atoms with Gasteiger partial charge in [0.2, 0.25) is 17.8 Å². The molecule has 0 saturated carbocycles. The lowest BCUT2D eigenvalue weighted by atomic mass is 10.1. The zero-order chi connectivity index (χ0) is 17.6. The molecule has 2 amide bonds. The van der Waals surface area contributed by atoms with Crippen LogP contribution < -0.4 is 5.32 Å². The topological polar surface area (TPSA) is 75.2 Å². The SMILES string of the molecule is CC(CC(=O)Nc1ncc(-c2ccccc2)cn1)N1CCCCC1=O. The molecule has 1 aliphatic heterocycles. The molecule has 0 radical (unpaired) electrons. The molecule has 25 heavy (non-hydrogen) atoms. The Morgan fingerprint density at radius 3 is 2.56 bits per heavy atom. The van der Waals surface area contributed by atoms with E-state index in [1.165, 1.54) is 0 Å². The van der Waals surface area contributed by atoms with E-state index < -0.39 is 0 Å². The Kier molecular flexibility index (Phi) is 5.38. The van der Waals surface area contributed by atoms with Crippen LogP contribution in [-0.2, 0) is 9.59 Å². The highest BCUT2D eigenvalue weighted by Gasteiger charge is 2.24. The summed E-state index contributed by atoms with van der Waals surface area (Å²) in [6.45, 7) is 2.64. The van der Waals surface area contributed by atoms with Crippen molar-refractivity contribution in [3.8, 4) is 11.1 Å². The molecule has 0 bridgehead atoms. The van der Waals surface area contributed by atoms with E-state index in [4.69, 9.17) is 0 Å². The summed E-state index contributed by atoms with van der Waals surface area (Å²) in [6, 6.07) is 9.70. The van der Waals surface area contributed by atoms with E-state index in [0.717, 1.165) is 30.5 Å². The number of aromatic nitrogens is 2. The molecule has 1 aromatic carbocycles. The summed E-state index contributed by atoms with van der Waals surface area (Å²) < 4.78 is 0. The average Bonchev–Trinajstić information content (AvgIpc) is 2.63. The number of hydrogen-bond donors (Lipinski definition) is 1. The van der Waals surface area contributed by atoms with Crippen LogP contribution in [0.3, 0.4) is 0 Å². The predicted octanol–water partition coefficient (Wildman–Crippen LogP) is 2.87. The summed E-state index contributed by atoms with van der Waals surface area (Å²) >= 11 is 0. The number of anilines is 1. The van der Waals surface area contributed by atoms with Gasteiger partial charge < -0.3 is 4.90 Å². The predicted molar refractivity (Wildman–Crippen MR) is 95.7 cm³/mol. The summed E-state index contributed by atoms with van der Waals surface area (Å²) in [5, 5.41) is 2.71. The van der Waals surface area contributed by atoms with Crippen molar-refractivity contribution in [1.82, 2.24) is 14.9 Å². The van der Waals surface area contributed by atoms with E-state index in [1.54, 1.807) is 17.3 Å². The number of nitrogens with one attached hydrogen (secondary N) is 1. The fourth-order valence-electron chi connectivity index (χ4n) is 3.02. The minimum atomic E-state index is -0.182. The first-order valence-electron chi connectivity index (χ1n) is 8.60. The molecule has 0 spiro atoms. The molecule has 1 aliphatic rings. The molecule has 1 atom stereocenters. The van der Waals surface area contributed by atoms with Gasteiger partial charge in [-0.25, -0.2) is 9.97 Å². The Bertz CT molecular complexity index is 731. The lowest BCUT2D eigenvalue weighted by molar-refractivity contribution is -0.136. The van der Waals surface area contributed by atoms with Crippen LogP contribution in [0, 0.1) is 0 Å². The number of amides is 2. The second-order valence-corrected chi connectivity index (χ2v) is 6.31. The van der Waals surface area contributed by atoms with Gasteiger partial charge >= 0.3 is 0 Å². The zero-order valence-corrected chi connectivity index (χ0v) is 14.3. The third kappa shape index (κ3) is 4.41. The fraction of sp³-hybridized carbons (Fsp3) is 0.368. The number of nitrogens with zero attached hydrogens (tertiary/aromatic N) is 3. The van der Waals surface area contributed by atoms with E-state index in [0.29, 0.717) is 6.42 Å². The van der Waals surface area contributed by atoms with Gasteiger partial charge in [0.1, 0.15) is 0 Å². The van der Waals surface area contributed by atoms with Crippen molar-refractivity contribution in [2.45, 2.75) is 38.6 Å². The maximum atomic E-state index is 12.2. The lowest BCUT2D eigenvalue weighted by Crippen LogP contribution is -2.43. The van der Waals surface area contributed by atoms with Crippen molar-refractivity contribution in [2.75, 3.05) is 11.9 Å². The molecule has 3 rings (SSSR count). The first-order chi connectivity index (χ1) is 12.1. The molecular weight excluding hydrogens is 316 g/mol. The largest absolute Gasteiger partial charge is 0.339 e. The molecule has 1 saturated heterocycles. The maximum Gasteiger partial charge on any atom is 0.229 e. The first kappa shape index (κ1) is 17.1. The van der Waals surface area contributed by atoms with E-state index in [1.807, 2.05) is 37.3 Å². The van der Waals surface area contributed by atoms with Gasteiger partial charge in [0.15, 0.2) is 0 Å². The molecule has 1 fully saturated rings. The smallest absolute Gasteiger partial charge is 0.229 e. The van der Waals surface area contributed by atoms with Gasteiger partial charge in [-0.1, -0.05) is 30.3 Å². The standard InChI is InChI=1S/C19H22N4O2/c1-14(23-10-6-5-9-18(23)25)11-17(24)22-19-20-12-16(13-21-19)15-7-3-2-4-8-15/h2-4,7-8,12-14H,5-6,9-11H2,1H3,(H,20,21,22,24). The highest BCUT2D eigenvalue weighted by Crippen LogP contribution is 2.18. The Morgan fingerprint density at radius 1 is 1.16 bits per heavy atom. The maximum absolute atomic E-state index is 12.2. The minimum absolute atomic E-state index is 0.114. The van der Waals surface area contributed by atoms with Crippen molar-refractivity contribution in [3.63, 3.8) is 0 Å². The molecular formula is C19H22N4O2. The number of benzene rings is 1. The molecule has 1 aromatic heterocycles. The highest BCUT2D eigenvalue weighted by molar-refractivity contribution is 5.90. The summed E-state index contributed by atoms with van der Waals surface area (Å²) in [6.07, 6.45) is 6.15. The third-order valence-corrected chi connectivity index (χ3v) is 4.38. The van der Waals surface area contributed by atoms with Crippen LogP contribution in [0.2, 0.25) is 0 Å². The van der Waals surface area contributed by atoms with E-state index in [2.05, 4.69) is 15.3 Å². The van der Waals surface area contributed by atoms with E-state index >= 15 is 0 Å². The van der Waals surface area contributed by atoms with Gasteiger partial charge in [-0.15, -0.1) is 0 Å². The number of hydrogen-bond acceptors (Lipinski definition) is 4. The van der Waals surface area contributed by atoms with Crippen LogP contribution in [-0.4, -0.2) is 39.3 Å². The molecule has 6 heteroatoms. The van der Waals surface area contributed by atoms with E-state index in [9.17, 15) is 9.59 Å². The van der Waals surface area contributed by atoms with Gasteiger partial charge in [-0.2, -0.15) is 0 Å². The normalized spacial score (nSPS) is 15.7. The quantitative estimate of drug-likeness (QED) is 0.909. The van der Waals surface area contributed by atoms with Gasteiger partial charge in [-0.05, 0) is 25.3 Å². The summed E-state index contributed by atoms with van der Waals surface area (Å²) in [5.74, 6) is 0.232. The molecule has 2 heterocycles. The molecule has 0 aliphatic carbocycles. The Balaban J connectivity index is 1.56. The van der Waals surface area contributed by atoms with Crippen LogP contribution in [0.4, 0.5) is 5.95 Å². The highest BCUT2D eigenvalue weighted by atomic mass is 16.2. The van der Waals surface area contributed by atoms with E-state index in [-0.39, 0.29) is 30.2 Å². The second-order valence-electron chi connectivity index (χ2n) is 6.31. The molecule has 2 aromatic rings. The molecule has 1 N–H and O–H groups in total. The number of likely N-dealkylation sites (tertiary alicyclic amines) is 1. The van der Waals surface area contributed by atoms with Crippen LogP contribution in [0.5, 0.6) is 0 Å². The third-order valence-electron chi connectivity index (χ3n) is 4.38. The summed E-state index contributed by atoms with van der Waals surface area (Å²) in [5.41, 5.74) is 1.92. The van der Waals surface area contributed by atoms with Crippen molar-refractivity contribution in [3.05, 3.63) is 42.7 Å². The van der Waals surface area contributed by atoms with Crippen LogP contribution in [0.1, 0.15) is 32.6 Å². The summed E-state index contributed by atoms with van der Waals surface area (Å²) in [7, 11) is 0. The summed E-state index contributed by atoms with van der Waals surface area (Å²) in [4.78, 5) is 34.3. The van der Waals surface area contributed by atoms with Gasteiger partial charge in [0.25, 0.3) is 0 Å². The first-order valence-corrected chi connectivity index (χ1v) is 8.60. The van der Waals surface area contributed by atoms with Crippen molar-refractivity contribution in [1.29, 1.82) is 0 Å². The van der Waals surface area contributed by atoms with Crippen LogP contribution >= 0.6 is 0 Å². The van der Waals surface area contributed by atoms with Crippen LogP contribution in [0.15, 0.2) is 42.7 Å². The van der Waals surface area contributed by atoms with Crippen molar-refractivity contribution < 1.29 is 9.59 Å². The Labute approximate surface area is 147 Å². The van der Waals surface area contributed by atoms with Gasteiger partial charge in [0.05, 0.1) is 0 Å². The minimum Gasteiger partial charge on any atom is -0.339 e. The molecule has 6 nitrogen and oxygen atoms in total. The Morgan fingerprint density at radius 2 is 1.88 bits per heavy atom. The number of carbonyl (C=O) groups is 2. The second kappa shape index (κ2) is 7.88. The average molecular weight is 338 g/mol. The number of rotatable bonds is 5. The monoisotopic (exact) mass is 338 g/mol. The van der Waals surface area contributed by atoms with Crippen LogP contribution in [0.25, 0.3) is 11.1 Å². The Hall–Kier alpha value is -2.76. The zero-order valence-electron chi connectivity index (χ0n) is 14.3. The van der Waals surface area contributed by atoms with Gasteiger partial charge in [0, 0.05) is 43.4 Å². The molecule has 130 valence electrons. The number of piperidine rings is 1. The number of carbonyl (C=O) groups excluding carboxylic acids is 2. The molecule has 1 unspecified atom stereocenters.